The molecule has 0 bridgehead atoms. The molecule has 0 spiro atoms. The summed E-state index contributed by atoms with van der Waals surface area (Å²) in [5, 5.41) is 17.3. The van der Waals surface area contributed by atoms with Crippen molar-refractivity contribution in [3.05, 3.63) is 0 Å². The lowest BCUT2D eigenvalue weighted by Crippen LogP contribution is -2.44. The maximum atomic E-state index is 10.7. The van der Waals surface area contributed by atoms with Crippen molar-refractivity contribution < 1.29 is 48.9 Å². The average molecular weight is 266 g/mol. The summed E-state index contributed by atoms with van der Waals surface area (Å²) < 4.78 is 0. The predicted octanol–water partition coefficient (Wildman–Crippen LogP) is -1.12. The van der Waals surface area contributed by atoms with Crippen LogP contribution in [0, 0.1) is 0 Å². The highest BCUT2D eigenvalue weighted by Crippen LogP contribution is 2.07. The van der Waals surface area contributed by atoms with Crippen molar-refractivity contribution in [3.8, 4) is 0 Å². The van der Waals surface area contributed by atoms with Crippen molar-refractivity contribution in [1.29, 1.82) is 0 Å². The SMILES string of the molecule is CC(=O)OOC(C(=O)O)C(OOC(C)=O)C(=O)O. The van der Waals surface area contributed by atoms with Crippen molar-refractivity contribution in [2.24, 2.45) is 0 Å². The average Bonchev–Trinajstić information content (AvgIpc) is 2.20. The third-order valence-electron chi connectivity index (χ3n) is 1.30. The summed E-state index contributed by atoms with van der Waals surface area (Å²) >= 11 is 0. The third-order valence-corrected chi connectivity index (χ3v) is 1.30. The summed E-state index contributed by atoms with van der Waals surface area (Å²) in [5.74, 6) is -5.60. The van der Waals surface area contributed by atoms with Crippen molar-refractivity contribution in [1.82, 2.24) is 0 Å². The van der Waals surface area contributed by atoms with Crippen LogP contribution in [-0.2, 0) is 38.7 Å². The van der Waals surface area contributed by atoms with Gasteiger partial charge in [0.1, 0.15) is 0 Å². The molecule has 0 amide bonds. The Morgan fingerprint density at radius 3 is 1.22 bits per heavy atom. The summed E-state index contributed by atoms with van der Waals surface area (Å²) in [6.07, 6.45) is -4.41. The molecule has 0 aromatic carbocycles. The molecule has 0 aliphatic carbocycles. The molecule has 0 aromatic heterocycles. The first-order valence-corrected chi connectivity index (χ1v) is 4.39. The van der Waals surface area contributed by atoms with Gasteiger partial charge in [-0.15, -0.1) is 0 Å². The molecular formula is C8H10O10. The zero-order valence-electron chi connectivity index (χ0n) is 9.32. The van der Waals surface area contributed by atoms with Crippen molar-refractivity contribution in [2.45, 2.75) is 26.1 Å². The van der Waals surface area contributed by atoms with Gasteiger partial charge in [0.2, 0.25) is 12.2 Å². The zero-order chi connectivity index (χ0) is 14.3. The van der Waals surface area contributed by atoms with E-state index < -0.39 is 36.1 Å². The van der Waals surface area contributed by atoms with Gasteiger partial charge in [-0.2, -0.15) is 9.78 Å². The van der Waals surface area contributed by atoms with Crippen molar-refractivity contribution >= 4 is 23.9 Å². The minimum absolute atomic E-state index is 0.904. The minimum atomic E-state index is -2.20. The van der Waals surface area contributed by atoms with Crippen molar-refractivity contribution in [3.63, 3.8) is 0 Å². The van der Waals surface area contributed by atoms with Gasteiger partial charge in [0.25, 0.3) is 0 Å². The largest absolute Gasteiger partial charge is 0.479 e. The monoisotopic (exact) mass is 266 g/mol. The molecule has 0 rings (SSSR count). The molecule has 0 heterocycles. The first-order valence-electron chi connectivity index (χ1n) is 4.39. The van der Waals surface area contributed by atoms with Crippen LogP contribution in [0.2, 0.25) is 0 Å². The molecule has 102 valence electrons. The van der Waals surface area contributed by atoms with Gasteiger partial charge in [-0.25, -0.2) is 19.2 Å². The number of hydrogen-bond acceptors (Lipinski definition) is 8. The molecule has 0 radical (unpaired) electrons. The maximum Gasteiger partial charge on any atom is 0.340 e. The van der Waals surface area contributed by atoms with Gasteiger partial charge in [0, 0.05) is 13.8 Å². The fourth-order valence-electron chi connectivity index (χ4n) is 0.681. The Labute approximate surface area is 99.8 Å². The predicted molar refractivity (Wildman–Crippen MR) is 48.5 cm³/mol. The molecular weight excluding hydrogens is 256 g/mol. The molecule has 10 heteroatoms. The summed E-state index contributed by atoms with van der Waals surface area (Å²) in [4.78, 5) is 58.2. The van der Waals surface area contributed by atoms with Gasteiger partial charge in [-0.1, -0.05) is 0 Å². The van der Waals surface area contributed by atoms with E-state index in [-0.39, 0.29) is 0 Å². The smallest absolute Gasteiger partial charge is 0.340 e. The van der Waals surface area contributed by atoms with Crippen LogP contribution in [0.5, 0.6) is 0 Å². The van der Waals surface area contributed by atoms with Gasteiger partial charge in [0.15, 0.2) is 0 Å². The molecule has 0 aromatic rings. The topological polar surface area (TPSA) is 146 Å². The second-order valence-corrected chi connectivity index (χ2v) is 2.86. The number of carbonyl (C=O) groups is 4. The van der Waals surface area contributed by atoms with Crippen LogP contribution in [-0.4, -0.2) is 46.3 Å². The normalized spacial score (nSPS) is 13.2. The van der Waals surface area contributed by atoms with Crippen LogP contribution >= 0.6 is 0 Å². The molecule has 0 aliphatic rings. The number of carboxylic acid groups (broad SMARTS) is 2. The first-order chi connectivity index (χ1) is 8.25. The molecule has 0 saturated carbocycles. The van der Waals surface area contributed by atoms with E-state index in [4.69, 9.17) is 10.2 Å². The van der Waals surface area contributed by atoms with Crippen molar-refractivity contribution in [2.75, 3.05) is 0 Å². The van der Waals surface area contributed by atoms with Crippen LogP contribution in [0.25, 0.3) is 0 Å². The van der Waals surface area contributed by atoms with Crippen LogP contribution in [0.4, 0.5) is 0 Å². The standard InChI is InChI=1S/C8H10O10/c1-3(9)15-17-5(7(11)12)6(8(13)14)18-16-4(2)10/h5-6H,1-2H3,(H,11,12)(H,13,14). The second kappa shape index (κ2) is 7.19. The Balaban J connectivity index is 4.76. The molecule has 0 saturated heterocycles. The maximum absolute atomic E-state index is 10.7. The molecule has 0 aliphatic heterocycles. The molecule has 0 fully saturated rings. The van der Waals surface area contributed by atoms with Gasteiger partial charge >= 0.3 is 23.9 Å². The lowest BCUT2D eigenvalue weighted by atomic mass is 10.2. The summed E-state index contributed by atoms with van der Waals surface area (Å²) in [6, 6.07) is 0. The van der Waals surface area contributed by atoms with Crippen LogP contribution in [0.1, 0.15) is 13.8 Å². The molecule has 2 unspecified atom stereocenters. The van der Waals surface area contributed by atoms with E-state index in [1.54, 1.807) is 0 Å². The highest BCUT2D eigenvalue weighted by molar-refractivity contribution is 5.83. The summed E-state index contributed by atoms with van der Waals surface area (Å²) in [6.45, 7) is 1.81. The van der Waals surface area contributed by atoms with E-state index in [0.29, 0.717) is 0 Å². The molecule has 18 heavy (non-hydrogen) atoms. The fourth-order valence-corrected chi connectivity index (χ4v) is 0.681. The van der Waals surface area contributed by atoms with E-state index in [0.717, 1.165) is 13.8 Å². The molecule has 2 atom stereocenters. The number of aliphatic carboxylic acids is 2. The Morgan fingerprint density at radius 2 is 1.06 bits per heavy atom. The lowest BCUT2D eigenvalue weighted by Gasteiger charge is -2.17. The number of hydrogen-bond donors (Lipinski definition) is 2. The van der Waals surface area contributed by atoms with Crippen LogP contribution < -0.4 is 0 Å². The molecule has 2 N–H and O–H groups in total. The van der Waals surface area contributed by atoms with Crippen LogP contribution in [0.3, 0.4) is 0 Å². The highest BCUT2D eigenvalue weighted by Gasteiger charge is 2.40. The van der Waals surface area contributed by atoms with E-state index in [1.807, 2.05) is 0 Å². The number of carboxylic acids is 2. The van der Waals surface area contributed by atoms with Crippen LogP contribution in [0.15, 0.2) is 0 Å². The fraction of sp³-hybridized carbons (Fsp3) is 0.500. The minimum Gasteiger partial charge on any atom is -0.479 e. The number of carbonyl (C=O) groups excluding carboxylic acids is 2. The Morgan fingerprint density at radius 1 is 0.778 bits per heavy atom. The lowest BCUT2D eigenvalue weighted by molar-refractivity contribution is -0.349. The Kier molecular flexibility index (Phi) is 6.31. The second-order valence-electron chi connectivity index (χ2n) is 2.86. The zero-order valence-corrected chi connectivity index (χ0v) is 9.32. The van der Waals surface area contributed by atoms with Gasteiger partial charge in [0.05, 0.1) is 0 Å². The summed E-state index contributed by atoms with van der Waals surface area (Å²) in [5.41, 5.74) is 0. The van der Waals surface area contributed by atoms with Gasteiger partial charge in [-0.3, -0.25) is 9.78 Å². The van der Waals surface area contributed by atoms with E-state index >= 15 is 0 Å². The van der Waals surface area contributed by atoms with Gasteiger partial charge in [-0.05, 0) is 0 Å². The first kappa shape index (κ1) is 15.8. The number of rotatable bonds is 7. The summed E-state index contributed by atoms with van der Waals surface area (Å²) in [7, 11) is 0. The molecule has 10 nitrogen and oxygen atoms in total. The van der Waals surface area contributed by atoms with Gasteiger partial charge < -0.3 is 10.2 Å². The van der Waals surface area contributed by atoms with E-state index in [1.165, 1.54) is 0 Å². The highest BCUT2D eigenvalue weighted by atomic mass is 17.2. The Hall–Kier alpha value is -2.20. The quantitative estimate of drug-likeness (QED) is 0.429. The van der Waals surface area contributed by atoms with E-state index in [9.17, 15) is 19.2 Å². The third kappa shape index (κ3) is 5.77. The van der Waals surface area contributed by atoms with E-state index in [2.05, 4.69) is 19.6 Å². The Bertz CT molecular complexity index is 314.